The molecule has 5 heteroatoms. The molecule has 1 fully saturated rings. The lowest BCUT2D eigenvalue weighted by molar-refractivity contribution is -0.136. The zero-order valence-corrected chi connectivity index (χ0v) is 12.6. The standard InChI is InChI=1S/C16H22N2O3/c1-12-3-5-14(6-4-12)15(17-13(2)19)11-16(20)18-7-9-21-10-8-18/h3-6,15H,7-11H2,1-2H3,(H,17,19). The Kier molecular flexibility index (Phi) is 5.33. The van der Waals surface area contributed by atoms with E-state index in [0.717, 1.165) is 11.1 Å². The predicted molar refractivity (Wildman–Crippen MR) is 79.8 cm³/mol. The molecule has 1 saturated heterocycles. The third-order valence-electron chi connectivity index (χ3n) is 3.60. The van der Waals surface area contributed by atoms with Crippen molar-refractivity contribution in [3.8, 4) is 0 Å². The molecule has 0 saturated carbocycles. The number of rotatable bonds is 4. The number of benzene rings is 1. The number of nitrogens with one attached hydrogen (secondary N) is 1. The SMILES string of the molecule is CC(=O)NC(CC(=O)N1CCOCC1)c1ccc(C)cc1. The lowest BCUT2D eigenvalue weighted by Gasteiger charge is -2.29. The zero-order valence-electron chi connectivity index (χ0n) is 12.6. The van der Waals surface area contributed by atoms with Gasteiger partial charge in [0.05, 0.1) is 25.7 Å². The van der Waals surface area contributed by atoms with Crippen molar-refractivity contribution in [3.05, 3.63) is 35.4 Å². The van der Waals surface area contributed by atoms with Crippen LogP contribution < -0.4 is 5.32 Å². The first-order valence-electron chi connectivity index (χ1n) is 7.25. The van der Waals surface area contributed by atoms with Crippen molar-refractivity contribution in [2.24, 2.45) is 0 Å². The van der Waals surface area contributed by atoms with Crippen LogP contribution in [0, 0.1) is 6.92 Å². The first-order chi connectivity index (χ1) is 10.1. The molecule has 21 heavy (non-hydrogen) atoms. The van der Waals surface area contributed by atoms with Crippen LogP contribution in [-0.2, 0) is 14.3 Å². The van der Waals surface area contributed by atoms with Crippen molar-refractivity contribution in [2.45, 2.75) is 26.3 Å². The number of aryl methyl sites for hydroxylation is 1. The van der Waals surface area contributed by atoms with Crippen molar-refractivity contribution in [2.75, 3.05) is 26.3 Å². The van der Waals surface area contributed by atoms with E-state index in [4.69, 9.17) is 4.74 Å². The highest BCUT2D eigenvalue weighted by atomic mass is 16.5. The van der Waals surface area contributed by atoms with Crippen LogP contribution in [0.5, 0.6) is 0 Å². The van der Waals surface area contributed by atoms with Crippen LogP contribution >= 0.6 is 0 Å². The summed E-state index contributed by atoms with van der Waals surface area (Å²) in [5.74, 6) is -0.0759. The molecule has 2 amide bonds. The van der Waals surface area contributed by atoms with Gasteiger partial charge in [0.15, 0.2) is 0 Å². The summed E-state index contributed by atoms with van der Waals surface area (Å²) in [4.78, 5) is 25.5. The summed E-state index contributed by atoms with van der Waals surface area (Å²) in [5.41, 5.74) is 2.11. The van der Waals surface area contributed by atoms with Crippen LogP contribution in [0.25, 0.3) is 0 Å². The Hall–Kier alpha value is -1.88. The molecule has 5 nitrogen and oxygen atoms in total. The highest BCUT2D eigenvalue weighted by molar-refractivity contribution is 5.79. The van der Waals surface area contributed by atoms with Gasteiger partial charge in [0, 0.05) is 20.0 Å². The second-order valence-corrected chi connectivity index (χ2v) is 5.36. The van der Waals surface area contributed by atoms with Gasteiger partial charge in [-0.25, -0.2) is 0 Å². The van der Waals surface area contributed by atoms with E-state index in [2.05, 4.69) is 5.32 Å². The van der Waals surface area contributed by atoms with E-state index >= 15 is 0 Å². The number of morpholine rings is 1. The summed E-state index contributed by atoms with van der Waals surface area (Å²) in [6.45, 7) is 5.90. The van der Waals surface area contributed by atoms with Crippen molar-refractivity contribution >= 4 is 11.8 Å². The average Bonchev–Trinajstić information content (AvgIpc) is 2.48. The molecule has 1 aromatic carbocycles. The number of amides is 2. The Morgan fingerprint density at radius 3 is 2.43 bits per heavy atom. The molecule has 0 spiro atoms. The normalized spacial score (nSPS) is 16.4. The number of carbonyl (C=O) groups is 2. The van der Waals surface area contributed by atoms with Gasteiger partial charge in [0.2, 0.25) is 11.8 Å². The molecular formula is C16H22N2O3. The Morgan fingerprint density at radius 2 is 1.86 bits per heavy atom. The minimum absolute atomic E-state index is 0.0534. The second kappa shape index (κ2) is 7.22. The Labute approximate surface area is 125 Å². The first kappa shape index (κ1) is 15.5. The van der Waals surface area contributed by atoms with Crippen molar-refractivity contribution in [1.29, 1.82) is 0 Å². The molecule has 1 atom stereocenters. The number of hydrogen-bond donors (Lipinski definition) is 1. The molecule has 1 aromatic rings. The lowest BCUT2D eigenvalue weighted by atomic mass is 10.0. The van der Waals surface area contributed by atoms with Crippen LogP contribution in [0.4, 0.5) is 0 Å². The monoisotopic (exact) mass is 290 g/mol. The largest absolute Gasteiger partial charge is 0.378 e. The molecule has 2 rings (SSSR count). The van der Waals surface area contributed by atoms with Gasteiger partial charge >= 0.3 is 0 Å². The Morgan fingerprint density at radius 1 is 1.24 bits per heavy atom. The second-order valence-electron chi connectivity index (χ2n) is 5.36. The van der Waals surface area contributed by atoms with Crippen LogP contribution in [0.1, 0.15) is 30.5 Å². The summed E-state index contributed by atoms with van der Waals surface area (Å²) in [5, 5.41) is 2.87. The third kappa shape index (κ3) is 4.56. The van der Waals surface area contributed by atoms with Crippen LogP contribution in [-0.4, -0.2) is 43.0 Å². The Balaban J connectivity index is 2.06. The Bertz CT molecular complexity index is 493. The van der Waals surface area contributed by atoms with Crippen LogP contribution in [0.15, 0.2) is 24.3 Å². The summed E-state index contributed by atoms with van der Waals surface area (Å²) in [6.07, 6.45) is 0.280. The van der Waals surface area contributed by atoms with Gasteiger partial charge in [0.25, 0.3) is 0 Å². The van der Waals surface area contributed by atoms with E-state index < -0.39 is 0 Å². The smallest absolute Gasteiger partial charge is 0.225 e. The predicted octanol–water partition coefficient (Wildman–Crippen LogP) is 1.42. The highest BCUT2D eigenvalue weighted by Gasteiger charge is 2.22. The molecule has 1 heterocycles. The maximum atomic E-state index is 12.3. The number of carbonyl (C=O) groups excluding carboxylic acids is 2. The summed E-state index contributed by atoms with van der Waals surface area (Å²) in [6, 6.07) is 7.62. The fourth-order valence-corrected chi connectivity index (χ4v) is 2.41. The van der Waals surface area contributed by atoms with E-state index in [1.807, 2.05) is 31.2 Å². The highest BCUT2D eigenvalue weighted by Crippen LogP contribution is 2.19. The quantitative estimate of drug-likeness (QED) is 0.912. The zero-order chi connectivity index (χ0) is 15.2. The summed E-state index contributed by atoms with van der Waals surface area (Å²) >= 11 is 0. The average molecular weight is 290 g/mol. The lowest BCUT2D eigenvalue weighted by Crippen LogP contribution is -2.42. The van der Waals surface area contributed by atoms with Crippen molar-refractivity contribution in [1.82, 2.24) is 10.2 Å². The maximum Gasteiger partial charge on any atom is 0.225 e. The maximum absolute atomic E-state index is 12.3. The van der Waals surface area contributed by atoms with Gasteiger partial charge < -0.3 is 15.0 Å². The molecule has 0 aromatic heterocycles. The molecule has 1 aliphatic heterocycles. The molecule has 0 aliphatic carbocycles. The minimum atomic E-state index is -0.279. The van der Waals surface area contributed by atoms with E-state index in [1.54, 1.807) is 4.90 Å². The number of nitrogens with zero attached hydrogens (tertiary/aromatic N) is 1. The molecule has 114 valence electrons. The van der Waals surface area contributed by atoms with Gasteiger partial charge in [-0.1, -0.05) is 29.8 Å². The first-order valence-corrected chi connectivity index (χ1v) is 7.25. The molecule has 1 unspecified atom stereocenters. The van der Waals surface area contributed by atoms with Gasteiger partial charge in [-0.15, -0.1) is 0 Å². The molecule has 0 radical (unpaired) electrons. The number of hydrogen-bond acceptors (Lipinski definition) is 3. The molecule has 1 aliphatic rings. The third-order valence-corrected chi connectivity index (χ3v) is 3.60. The van der Waals surface area contributed by atoms with E-state index in [0.29, 0.717) is 26.3 Å². The molecule has 0 bridgehead atoms. The van der Waals surface area contributed by atoms with E-state index in [1.165, 1.54) is 6.92 Å². The minimum Gasteiger partial charge on any atom is -0.378 e. The summed E-state index contributed by atoms with van der Waals surface area (Å²) in [7, 11) is 0. The van der Waals surface area contributed by atoms with Gasteiger partial charge in [-0.2, -0.15) is 0 Å². The van der Waals surface area contributed by atoms with Gasteiger partial charge in [-0.05, 0) is 12.5 Å². The fraction of sp³-hybridized carbons (Fsp3) is 0.500. The van der Waals surface area contributed by atoms with Crippen LogP contribution in [0.2, 0.25) is 0 Å². The van der Waals surface area contributed by atoms with Crippen LogP contribution in [0.3, 0.4) is 0 Å². The molecule has 1 N–H and O–H groups in total. The molecular weight excluding hydrogens is 268 g/mol. The fourth-order valence-electron chi connectivity index (χ4n) is 2.41. The van der Waals surface area contributed by atoms with E-state index in [9.17, 15) is 9.59 Å². The topological polar surface area (TPSA) is 58.6 Å². The van der Waals surface area contributed by atoms with Crippen molar-refractivity contribution < 1.29 is 14.3 Å². The van der Waals surface area contributed by atoms with Gasteiger partial charge in [0.1, 0.15) is 0 Å². The summed E-state index contributed by atoms with van der Waals surface area (Å²) < 4.78 is 5.25. The van der Waals surface area contributed by atoms with E-state index in [-0.39, 0.29) is 24.3 Å². The van der Waals surface area contributed by atoms with Crippen molar-refractivity contribution in [3.63, 3.8) is 0 Å². The van der Waals surface area contributed by atoms with Gasteiger partial charge in [-0.3, -0.25) is 9.59 Å². The number of ether oxygens (including phenoxy) is 1.